The summed E-state index contributed by atoms with van der Waals surface area (Å²) < 4.78 is 5.31. The molecule has 1 fully saturated rings. The molecule has 114 valence electrons. The number of ether oxygens (including phenoxy) is 1. The van der Waals surface area contributed by atoms with Gasteiger partial charge in [-0.25, -0.2) is 9.59 Å². The normalized spacial score (nSPS) is 21.0. The van der Waals surface area contributed by atoms with E-state index in [0.717, 1.165) is 19.3 Å². The van der Waals surface area contributed by atoms with Crippen LogP contribution in [0.5, 0.6) is 0 Å². The van der Waals surface area contributed by atoms with Crippen molar-refractivity contribution >= 4 is 12.0 Å². The van der Waals surface area contributed by atoms with Crippen molar-refractivity contribution in [3.05, 3.63) is 29.6 Å². The third-order valence-corrected chi connectivity index (χ3v) is 3.57. The van der Waals surface area contributed by atoms with Crippen LogP contribution in [0.15, 0.2) is 18.3 Å². The van der Waals surface area contributed by atoms with E-state index >= 15 is 0 Å². The van der Waals surface area contributed by atoms with Gasteiger partial charge in [0.25, 0.3) is 0 Å². The number of amides is 2. The van der Waals surface area contributed by atoms with Crippen LogP contribution in [-0.4, -0.2) is 41.3 Å². The molecule has 2 amide bonds. The molecule has 0 radical (unpaired) electrons. The Balaban J connectivity index is 1.84. The van der Waals surface area contributed by atoms with Crippen molar-refractivity contribution in [1.29, 1.82) is 0 Å². The second kappa shape index (κ2) is 7.03. The molecule has 0 aliphatic heterocycles. The smallest absolute Gasteiger partial charge is 0.335 e. The van der Waals surface area contributed by atoms with E-state index in [1.54, 1.807) is 7.11 Å². The maximum Gasteiger partial charge on any atom is 0.335 e. The molecule has 1 aliphatic carbocycles. The molecule has 1 aromatic heterocycles. The Kier molecular flexibility index (Phi) is 5.10. The van der Waals surface area contributed by atoms with Gasteiger partial charge < -0.3 is 20.5 Å². The van der Waals surface area contributed by atoms with Crippen molar-refractivity contribution in [3.63, 3.8) is 0 Å². The Hall–Kier alpha value is -2.15. The van der Waals surface area contributed by atoms with Crippen LogP contribution in [0.4, 0.5) is 4.79 Å². The molecule has 21 heavy (non-hydrogen) atoms. The Morgan fingerprint density at radius 3 is 3.00 bits per heavy atom. The number of urea groups is 1. The van der Waals surface area contributed by atoms with E-state index in [0.29, 0.717) is 5.69 Å². The quantitative estimate of drug-likeness (QED) is 0.756. The number of carboxylic acids is 1. The summed E-state index contributed by atoms with van der Waals surface area (Å²) in [6.45, 7) is 0.178. The number of aromatic nitrogens is 1. The Morgan fingerprint density at radius 2 is 2.29 bits per heavy atom. The minimum atomic E-state index is -1.02. The van der Waals surface area contributed by atoms with Gasteiger partial charge in [0.1, 0.15) is 0 Å². The summed E-state index contributed by atoms with van der Waals surface area (Å²) in [5.74, 6) is -1.02. The number of carboxylic acid groups (broad SMARTS) is 1. The zero-order valence-electron chi connectivity index (χ0n) is 11.8. The van der Waals surface area contributed by atoms with Gasteiger partial charge in [-0.05, 0) is 31.4 Å². The molecule has 2 rings (SSSR count). The highest BCUT2D eigenvalue weighted by atomic mass is 16.5. The fourth-order valence-corrected chi connectivity index (χ4v) is 2.47. The van der Waals surface area contributed by atoms with Gasteiger partial charge in [0, 0.05) is 13.3 Å². The third kappa shape index (κ3) is 4.16. The number of nitrogens with one attached hydrogen (secondary N) is 2. The fourth-order valence-electron chi connectivity index (χ4n) is 2.47. The van der Waals surface area contributed by atoms with Crippen LogP contribution in [0.1, 0.15) is 35.3 Å². The summed E-state index contributed by atoms with van der Waals surface area (Å²) in [7, 11) is 1.64. The maximum atomic E-state index is 11.8. The molecule has 0 bridgehead atoms. The lowest BCUT2D eigenvalue weighted by molar-refractivity contribution is 0.0696. The van der Waals surface area contributed by atoms with Crippen molar-refractivity contribution in [1.82, 2.24) is 15.6 Å². The topological polar surface area (TPSA) is 101 Å². The van der Waals surface area contributed by atoms with E-state index in [1.807, 2.05) is 0 Å². The van der Waals surface area contributed by atoms with Gasteiger partial charge in [-0.1, -0.05) is 0 Å². The number of nitrogens with zero attached hydrogens (tertiary/aromatic N) is 1. The first kappa shape index (κ1) is 15.2. The van der Waals surface area contributed by atoms with Crippen LogP contribution in [0.2, 0.25) is 0 Å². The molecule has 0 saturated heterocycles. The van der Waals surface area contributed by atoms with E-state index in [2.05, 4.69) is 15.6 Å². The first-order valence-electron chi connectivity index (χ1n) is 6.85. The summed E-state index contributed by atoms with van der Waals surface area (Å²) >= 11 is 0. The van der Waals surface area contributed by atoms with E-state index in [9.17, 15) is 9.59 Å². The molecular weight excluding hydrogens is 274 g/mol. The summed E-state index contributed by atoms with van der Waals surface area (Å²) in [5, 5.41) is 14.4. The molecule has 1 aromatic rings. The lowest BCUT2D eigenvalue weighted by atomic mass is 10.2. The van der Waals surface area contributed by atoms with Gasteiger partial charge in [0.05, 0.1) is 29.9 Å². The van der Waals surface area contributed by atoms with Crippen molar-refractivity contribution in [2.75, 3.05) is 7.11 Å². The number of carbonyl (C=O) groups is 2. The Morgan fingerprint density at radius 1 is 1.48 bits per heavy atom. The zero-order valence-corrected chi connectivity index (χ0v) is 11.8. The van der Waals surface area contributed by atoms with Gasteiger partial charge in [-0.3, -0.25) is 4.98 Å². The lowest BCUT2D eigenvalue weighted by Crippen LogP contribution is -2.45. The molecule has 7 nitrogen and oxygen atoms in total. The van der Waals surface area contributed by atoms with Gasteiger partial charge in [-0.15, -0.1) is 0 Å². The zero-order chi connectivity index (χ0) is 15.2. The first-order valence-corrected chi connectivity index (χ1v) is 6.85. The van der Waals surface area contributed by atoms with Crippen LogP contribution in [0.3, 0.4) is 0 Å². The summed E-state index contributed by atoms with van der Waals surface area (Å²) in [5.41, 5.74) is 0.650. The van der Waals surface area contributed by atoms with Gasteiger partial charge in [0.15, 0.2) is 0 Å². The van der Waals surface area contributed by atoms with Crippen LogP contribution in [0, 0.1) is 0 Å². The van der Waals surface area contributed by atoms with E-state index < -0.39 is 5.97 Å². The number of carbonyl (C=O) groups excluding carboxylic acids is 1. The molecule has 1 aliphatic rings. The Bertz CT molecular complexity index is 521. The summed E-state index contributed by atoms with van der Waals surface area (Å²) in [4.78, 5) is 26.7. The molecular formula is C14H19N3O4. The standard InChI is InChI=1S/C14H19N3O4/c1-21-12-4-2-3-11(12)17-14(20)16-8-10-7-9(13(18)19)5-6-15-10/h5-7,11-12H,2-4,8H2,1H3,(H,18,19)(H2,16,17,20). The fraction of sp³-hybridized carbons (Fsp3) is 0.500. The number of aromatic carboxylic acids is 1. The maximum absolute atomic E-state index is 11.8. The molecule has 2 atom stereocenters. The van der Waals surface area contributed by atoms with Gasteiger partial charge >= 0.3 is 12.0 Å². The van der Waals surface area contributed by atoms with Crippen LogP contribution in [-0.2, 0) is 11.3 Å². The SMILES string of the molecule is COC1CCCC1NC(=O)NCc1cc(C(=O)O)ccn1. The van der Waals surface area contributed by atoms with E-state index in [1.165, 1.54) is 18.3 Å². The second-order valence-corrected chi connectivity index (χ2v) is 4.98. The lowest BCUT2D eigenvalue weighted by Gasteiger charge is -2.19. The van der Waals surface area contributed by atoms with Crippen molar-refractivity contribution in [2.45, 2.75) is 38.0 Å². The van der Waals surface area contributed by atoms with Crippen LogP contribution < -0.4 is 10.6 Å². The average Bonchev–Trinajstić information content (AvgIpc) is 2.92. The second-order valence-electron chi connectivity index (χ2n) is 4.98. The van der Waals surface area contributed by atoms with E-state index in [-0.39, 0.29) is 30.3 Å². The van der Waals surface area contributed by atoms with Crippen LogP contribution >= 0.6 is 0 Å². The predicted octanol–water partition coefficient (Wildman–Crippen LogP) is 1.15. The number of rotatable bonds is 5. The van der Waals surface area contributed by atoms with Gasteiger partial charge in [0.2, 0.25) is 0 Å². The third-order valence-electron chi connectivity index (χ3n) is 3.57. The van der Waals surface area contributed by atoms with Crippen molar-refractivity contribution in [3.8, 4) is 0 Å². The largest absolute Gasteiger partial charge is 0.478 e. The molecule has 0 aromatic carbocycles. The molecule has 1 heterocycles. The highest BCUT2D eigenvalue weighted by Crippen LogP contribution is 2.21. The summed E-state index contributed by atoms with van der Waals surface area (Å²) in [6.07, 6.45) is 4.36. The Labute approximate surface area is 122 Å². The van der Waals surface area contributed by atoms with Gasteiger partial charge in [-0.2, -0.15) is 0 Å². The predicted molar refractivity (Wildman–Crippen MR) is 75.0 cm³/mol. The van der Waals surface area contributed by atoms with Crippen LogP contribution in [0.25, 0.3) is 0 Å². The molecule has 2 unspecified atom stereocenters. The molecule has 1 saturated carbocycles. The highest BCUT2D eigenvalue weighted by Gasteiger charge is 2.28. The first-order chi connectivity index (χ1) is 10.1. The van der Waals surface area contributed by atoms with E-state index in [4.69, 9.17) is 9.84 Å². The molecule has 0 spiro atoms. The number of hydrogen-bond acceptors (Lipinski definition) is 4. The minimum absolute atomic E-state index is 0.0216. The highest BCUT2D eigenvalue weighted by molar-refractivity contribution is 5.87. The number of methoxy groups -OCH3 is 1. The average molecular weight is 293 g/mol. The monoisotopic (exact) mass is 293 g/mol. The number of hydrogen-bond donors (Lipinski definition) is 3. The molecule has 3 N–H and O–H groups in total. The molecule has 7 heteroatoms. The van der Waals surface area contributed by atoms with Crippen molar-refractivity contribution in [2.24, 2.45) is 0 Å². The number of pyridine rings is 1. The minimum Gasteiger partial charge on any atom is -0.478 e. The summed E-state index contributed by atoms with van der Waals surface area (Å²) in [6, 6.07) is 2.57. The van der Waals surface area contributed by atoms with Crippen molar-refractivity contribution < 1.29 is 19.4 Å².